The first-order valence-electron chi connectivity index (χ1n) is 10.5. The van der Waals surface area contributed by atoms with Gasteiger partial charge in [-0.2, -0.15) is 0 Å². The van der Waals surface area contributed by atoms with Crippen molar-refractivity contribution < 1.29 is 19.5 Å². The average molecular weight is 405 g/mol. The van der Waals surface area contributed by atoms with E-state index in [4.69, 9.17) is 14.4 Å². The van der Waals surface area contributed by atoms with Crippen molar-refractivity contribution in [2.45, 2.75) is 44.3 Å². The van der Waals surface area contributed by atoms with Crippen molar-refractivity contribution in [2.24, 2.45) is 0 Å². The predicted octanol–water partition coefficient (Wildman–Crippen LogP) is 2.32. The minimum absolute atomic E-state index is 0.0903. The normalized spacial score (nSPS) is 21.3. The van der Waals surface area contributed by atoms with Gasteiger partial charge >= 0.3 is 7.12 Å². The lowest BCUT2D eigenvalue weighted by atomic mass is 9.73. The molecule has 2 aromatic carbocycles. The molecule has 1 aliphatic heterocycles. The summed E-state index contributed by atoms with van der Waals surface area (Å²) in [5, 5.41) is 23.9. The Morgan fingerprint density at radius 3 is 2.87 bits per heavy atom. The number of aliphatic hydroxyl groups excluding tert-OH is 1. The van der Waals surface area contributed by atoms with Gasteiger partial charge in [-0.25, -0.2) is 9.97 Å². The van der Waals surface area contributed by atoms with Crippen LogP contribution < -0.4 is 15.5 Å². The number of benzene rings is 2. The molecule has 2 heterocycles. The molecule has 3 aromatic rings. The second-order valence-corrected chi connectivity index (χ2v) is 7.95. The number of nitrogens with zero attached hydrogens (tertiary/aromatic N) is 2. The van der Waals surface area contributed by atoms with E-state index in [0.29, 0.717) is 12.6 Å². The zero-order valence-corrected chi connectivity index (χ0v) is 16.6. The number of ether oxygens (including phenoxy) is 1. The van der Waals surface area contributed by atoms with Gasteiger partial charge in [0.15, 0.2) is 0 Å². The van der Waals surface area contributed by atoms with Crippen molar-refractivity contribution in [1.82, 2.24) is 9.97 Å². The summed E-state index contributed by atoms with van der Waals surface area (Å²) in [4.78, 5) is 9.12. The maximum absolute atomic E-state index is 10.1. The van der Waals surface area contributed by atoms with Crippen molar-refractivity contribution in [3.63, 3.8) is 0 Å². The maximum atomic E-state index is 10.1. The number of para-hydroxylation sites is 1. The maximum Gasteiger partial charge on any atom is 0.491 e. The topological polar surface area (TPSA) is 96.7 Å². The number of anilines is 2. The largest absolute Gasteiger partial charge is 0.491 e. The van der Waals surface area contributed by atoms with E-state index in [9.17, 15) is 10.1 Å². The molecule has 0 amide bonds. The van der Waals surface area contributed by atoms with Crippen LogP contribution in [0.2, 0.25) is 0 Å². The molecular formula is C22H24BN3O4. The third kappa shape index (κ3) is 3.98. The molecule has 0 unspecified atom stereocenters. The summed E-state index contributed by atoms with van der Waals surface area (Å²) >= 11 is 0. The highest BCUT2D eigenvalue weighted by Crippen LogP contribution is 2.29. The van der Waals surface area contributed by atoms with Crippen molar-refractivity contribution >= 4 is 35.1 Å². The highest BCUT2D eigenvalue weighted by molar-refractivity contribution is 6.61. The second-order valence-electron chi connectivity index (χ2n) is 7.95. The minimum atomic E-state index is -0.901. The first-order valence-corrected chi connectivity index (χ1v) is 10.5. The Morgan fingerprint density at radius 1 is 1.13 bits per heavy atom. The van der Waals surface area contributed by atoms with Gasteiger partial charge in [-0.15, -0.1) is 0 Å². The third-order valence-electron chi connectivity index (χ3n) is 5.83. The summed E-state index contributed by atoms with van der Waals surface area (Å²) < 4.78 is 11.6. The van der Waals surface area contributed by atoms with Gasteiger partial charge in [0.2, 0.25) is 5.95 Å². The molecule has 5 rings (SSSR count). The van der Waals surface area contributed by atoms with Gasteiger partial charge in [0.25, 0.3) is 0 Å². The fourth-order valence-corrected chi connectivity index (χ4v) is 4.16. The monoisotopic (exact) mass is 405 g/mol. The zero-order valence-electron chi connectivity index (χ0n) is 16.6. The van der Waals surface area contributed by atoms with Crippen LogP contribution in [0.4, 0.5) is 11.6 Å². The van der Waals surface area contributed by atoms with Crippen molar-refractivity contribution in [1.29, 1.82) is 0 Å². The van der Waals surface area contributed by atoms with Crippen LogP contribution in [0.3, 0.4) is 0 Å². The molecule has 30 heavy (non-hydrogen) atoms. The van der Waals surface area contributed by atoms with E-state index in [0.717, 1.165) is 65.5 Å². The molecule has 1 fully saturated rings. The van der Waals surface area contributed by atoms with Crippen LogP contribution in [0.15, 0.2) is 42.6 Å². The summed E-state index contributed by atoms with van der Waals surface area (Å²) in [5.41, 5.74) is 3.40. The van der Waals surface area contributed by atoms with Gasteiger partial charge in [-0.1, -0.05) is 18.2 Å². The number of nitrogens with one attached hydrogen (secondary N) is 1. The van der Waals surface area contributed by atoms with Crippen LogP contribution in [-0.2, 0) is 11.1 Å². The van der Waals surface area contributed by atoms with Crippen LogP contribution in [0, 0.1) is 0 Å². The Bertz CT molecular complexity index is 1060. The summed E-state index contributed by atoms with van der Waals surface area (Å²) in [6, 6.07) is 11.7. The van der Waals surface area contributed by atoms with E-state index in [-0.39, 0.29) is 12.2 Å². The number of fused-ring (bicyclic) bond motifs is 2. The van der Waals surface area contributed by atoms with Crippen LogP contribution in [-0.4, -0.2) is 46.0 Å². The van der Waals surface area contributed by atoms with Gasteiger partial charge in [-0.05, 0) is 61.3 Å². The highest BCUT2D eigenvalue weighted by atomic mass is 16.5. The summed E-state index contributed by atoms with van der Waals surface area (Å²) in [7, 11) is -0.901. The van der Waals surface area contributed by atoms with Gasteiger partial charge in [0.1, 0.15) is 11.3 Å². The smallest absolute Gasteiger partial charge is 0.488 e. The Hall–Kier alpha value is -2.68. The lowest BCUT2D eigenvalue weighted by Gasteiger charge is -2.26. The molecule has 8 heteroatoms. The molecular weight excluding hydrogens is 381 g/mol. The number of aliphatic hydroxyl groups is 1. The van der Waals surface area contributed by atoms with E-state index in [1.54, 1.807) is 6.20 Å². The summed E-state index contributed by atoms with van der Waals surface area (Å²) in [6.45, 7) is 0.525. The van der Waals surface area contributed by atoms with Crippen molar-refractivity contribution in [3.8, 4) is 5.75 Å². The second kappa shape index (κ2) is 8.22. The van der Waals surface area contributed by atoms with E-state index in [1.165, 1.54) is 0 Å². The standard InChI is InChI=1S/C22H24BN3O4/c27-17-6-8-18(9-7-17)30-20-3-1-2-15-13-24-22(26-21(15)20)25-16-5-4-14-10-11-29-23(28)19(14)12-16/h1-5,12-13,17-18,27-28H,6-11H2,(H,24,25,26). The van der Waals surface area contributed by atoms with Gasteiger partial charge in [0.05, 0.1) is 12.2 Å². The molecule has 0 spiro atoms. The van der Waals surface area contributed by atoms with E-state index >= 15 is 0 Å². The Kier molecular flexibility index (Phi) is 5.29. The molecule has 1 aliphatic carbocycles. The molecule has 3 N–H and O–H groups in total. The molecule has 7 nitrogen and oxygen atoms in total. The fraction of sp³-hybridized carbons (Fsp3) is 0.364. The zero-order chi connectivity index (χ0) is 20.5. The summed E-state index contributed by atoms with van der Waals surface area (Å²) in [5.74, 6) is 1.19. The highest BCUT2D eigenvalue weighted by Gasteiger charge is 2.25. The van der Waals surface area contributed by atoms with Crippen molar-refractivity contribution in [3.05, 3.63) is 48.2 Å². The molecule has 2 aliphatic rings. The van der Waals surface area contributed by atoms with Gasteiger partial charge < -0.3 is 24.8 Å². The molecule has 0 radical (unpaired) electrons. The Morgan fingerprint density at radius 2 is 2.00 bits per heavy atom. The molecule has 1 saturated carbocycles. The SMILES string of the molecule is OB1OCCc2ccc(Nc3ncc4cccc(OC5CCC(O)CC5)c4n3)cc21. The molecule has 0 atom stereocenters. The van der Waals surface area contributed by atoms with Crippen LogP contribution in [0.1, 0.15) is 31.2 Å². The Labute approximate surface area is 175 Å². The fourth-order valence-electron chi connectivity index (χ4n) is 4.16. The quantitative estimate of drug-likeness (QED) is 0.574. The molecule has 154 valence electrons. The van der Waals surface area contributed by atoms with E-state index in [2.05, 4.69) is 10.3 Å². The number of hydrogen-bond donors (Lipinski definition) is 3. The van der Waals surface area contributed by atoms with Crippen LogP contribution in [0.5, 0.6) is 5.75 Å². The van der Waals surface area contributed by atoms with Crippen molar-refractivity contribution in [2.75, 3.05) is 11.9 Å². The lowest BCUT2D eigenvalue weighted by Crippen LogP contribution is -2.41. The summed E-state index contributed by atoms with van der Waals surface area (Å²) in [6.07, 6.45) is 5.66. The van der Waals surface area contributed by atoms with Crippen LogP contribution >= 0.6 is 0 Å². The van der Waals surface area contributed by atoms with Gasteiger partial charge in [-0.3, -0.25) is 0 Å². The number of aromatic nitrogens is 2. The molecule has 0 saturated heterocycles. The Balaban J connectivity index is 1.40. The lowest BCUT2D eigenvalue weighted by molar-refractivity contribution is 0.0672. The third-order valence-corrected chi connectivity index (χ3v) is 5.83. The number of hydrogen-bond acceptors (Lipinski definition) is 7. The minimum Gasteiger partial charge on any atom is -0.488 e. The molecule has 0 bridgehead atoms. The average Bonchev–Trinajstić information content (AvgIpc) is 2.76. The predicted molar refractivity (Wildman–Crippen MR) is 115 cm³/mol. The molecule has 1 aromatic heterocycles. The van der Waals surface area contributed by atoms with E-state index < -0.39 is 7.12 Å². The van der Waals surface area contributed by atoms with Gasteiger partial charge in [0, 0.05) is 23.9 Å². The van der Waals surface area contributed by atoms with Crippen LogP contribution in [0.25, 0.3) is 10.9 Å². The number of rotatable bonds is 4. The van der Waals surface area contributed by atoms with E-state index in [1.807, 2.05) is 36.4 Å². The first-order chi connectivity index (χ1) is 14.7. The first kappa shape index (κ1) is 19.3.